The van der Waals surface area contributed by atoms with Gasteiger partial charge in [-0.3, -0.25) is 4.68 Å². The van der Waals surface area contributed by atoms with E-state index in [1.54, 1.807) is 24.6 Å². The molecule has 0 amide bonds. The number of nitrogens with two attached hydrogens (primary N) is 1. The van der Waals surface area contributed by atoms with E-state index in [0.29, 0.717) is 30.2 Å². The van der Waals surface area contributed by atoms with Gasteiger partial charge < -0.3 is 10.3 Å². The fraction of sp³-hybridized carbons (Fsp3) is 0.500. The molecule has 8 nitrogen and oxygen atoms in total. The molecule has 0 saturated heterocycles. The Hall–Kier alpha value is -1.71. The summed E-state index contributed by atoms with van der Waals surface area (Å²) in [6.45, 7) is 4.59. The van der Waals surface area contributed by atoms with Crippen LogP contribution < -0.4 is 10.5 Å². The van der Waals surface area contributed by atoms with Crippen LogP contribution in [0.3, 0.4) is 0 Å². The van der Waals surface area contributed by atoms with E-state index in [9.17, 15) is 8.42 Å². The average Bonchev–Trinajstić information content (AvgIpc) is 3.03. The largest absolute Gasteiger partial charge is 0.360 e. The first-order valence-corrected chi connectivity index (χ1v) is 8.07. The van der Waals surface area contributed by atoms with Crippen molar-refractivity contribution in [3.05, 3.63) is 29.4 Å². The minimum Gasteiger partial charge on any atom is -0.360 e. The van der Waals surface area contributed by atoms with Crippen LogP contribution in [0.25, 0.3) is 0 Å². The van der Waals surface area contributed by atoms with Crippen molar-refractivity contribution < 1.29 is 12.9 Å². The molecule has 0 fully saturated rings. The highest BCUT2D eigenvalue weighted by atomic mass is 32.2. The third kappa shape index (κ3) is 3.49. The van der Waals surface area contributed by atoms with Gasteiger partial charge in [-0.15, -0.1) is 0 Å². The van der Waals surface area contributed by atoms with Crippen molar-refractivity contribution in [2.24, 2.45) is 5.73 Å². The van der Waals surface area contributed by atoms with Crippen molar-refractivity contribution in [2.45, 2.75) is 38.3 Å². The molecular formula is C12H19N5O3S. The summed E-state index contributed by atoms with van der Waals surface area (Å²) in [6.07, 6.45) is 2.21. The summed E-state index contributed by atoms with van der Waals surface area (Å²) in [4.78, 5) is 0.207. The Balaban J connectivity index is 2.21. The Morgan fingerprint density at radius 3 is 2.81 bits per heavy atom. The van der Waals surface area contributed by atoms with Crippen molar-refractivity contribution >= 4 is 10.0 Å². The Labute approximate surface area is 123 Å². The van der Waals surface area contributed by atoms with E-state index in [4.69, 9.17) is 10.3 Å². The van der Waals surface area contributed by atoms with E-state index in [2.05, 4.69) is 15.0 Å². The zero-order valence-corrected chi connectivity index (χ0v) is 12.9. The second kappa shape index (κ2) is 6.37. The first kappa shape index (κ1) is 15.7. The molecule has 0 radical (unpaired) electrons. The van der Waals surface area contributed by atoms with Crippen molar-refractivity contribution in [1.29, 1.82) is 0 Å². The Morgan fingerprint density at radius 1 is 1.43 bits per heavy atom. The van der Waals surface area contributed by atoms with Gasteiger partial charge in [0.2, 0.25) is 10.0 Å². The summed E-state index contributed by atoms with van der Waals surface area (Å²) in [5, 5.41) is 7.80. The molecule has 0 aliphatic heterocycles. The number of rotatable bonds is 7. The predicted molar refractivity (Wildman–Crippen MR) is 75.9 cm³/mol. The van der Waals surface area contributed by atoms with E-state index in [1.165, 1.54) is 6.20 Å². The van der Waals surface area contributed by atoms with Gasteiger partial charge in [0.15, 0.2) is 5.76 Å². The minimum absolute atomic E-state index is 0.0508. The molecule has 0 aliphatic carbocycles. The summed E-state index contributed by atoms with van der Waals surface area (Å²) >= 11 is 0. The van der Waals surface area contributed by atoms with Gasteiger partial charge in [0.05, 0.1) is 24.1 Å². The van der Waals surface area contributed by atoms with E-state index in [0.717, 1.165) is 6.42 Å². The van der Waals surface area contributed by atoms with Crippen molar-refractivity contribution in [3.63, 3.8) is 0 Å². The zero-order chi connectivity index (χ0) is 15.5. The van der Waals surface area contributed by atoms with Crippen LogP contribution in [-0.4, -0.2) is 29.9 Å². The molecule has 0 bridgehead atoms. The second-order valence-electron chi connectivity index (χ2n) is 4.67. The number of aryl methyl sites for hydroxylation is 2. The van der Waals surface area contributed by atoms with Crippen LogP contribution in [0, 0.1) is 13.8 Å². The monoisotopic (exact) mass is 313 g/mol. The van der Waals surface area contributed by atoms with Gasteiger partial charge in [-0.25, -0.2) is 13.1 Å². The maximum absolute atomic E-state index is 12.4. The van der Waals surface area contributed by atoms with E-state index >= 15 is 0 Å². The number of nitrogens with zero attached hydrogens (tertiary/aromatic N) is 3. The molecule has 2 aromatic heterocycles. The molecule has 9 heteroatoms. The molecule has 0 saturated carbocycles. The number of nitrogens with one attached hydrogen (secondary N) is 1. The first-order valence-electron chi connectivity index (χ1n) is 6.59. The maximum atomic E-state index is 12.4. The van der Waals surface area contributed by atoms with E-state index < -0.39 is 10.0 Å². The molecule has 0 spiro atoms. The van der Waals surface area contributed by atoms with Crippen LogP contribution >= 0.6 is 0 Å². The van der Waals surface area contributed by atoms with Gasteiger partial charge in [0.25, 0.3) is 0 Å². The smallest absolute Gasteiger partial charge is 0.244 e. The summed E-state index contributed by atoms with van der Waals surface area (Å²) in [6, 6.07) is 1.60. The van der Waals surface area contributed by atoms with Crippen LogP contribution in [0.15, 0.2) is 21.7 Å². The summed E-state index contributed by atoms with van der Waals surface area (Å²) in [5.74, 6) is 0.449. The van der Waals surface area contributed by atoms with Crippen LogP contribution in [0.5, 0.6) is 0 Å². The third-order valence-electron chi connectivity index (χ3n) is 3.09. The Bertz CT molecular complexity index is 691. The lowest BCUT2D eigenvalue weighted by molar-refractivity contribution is 0.380. The van der Waals surface area contributed by atoms with Gasteiger partial charge in [0, 0.05) is 12.6 Å². The molecule has 0 atom stereocenters. The normalized spacial score (nSPS) is 12.0. The number of sulfonamides is 1. The molecule has 2 aromatic rings. The van der Waals surface area contributed by atoms with Gasteiger partial charge in [-0.2, -0.15) is 5.10 Å². The van der Waals surface area contributed by atoms with Gasteiger partial charge in [-0.05, 0) is 26.8 Å². The molecular weight excluding hydrogens is 294 g/mol. The van der Waals surface area contributed by atoms with Crippen LogP contribution in [0.2, 0.25) is 0 Å². The van der Waals surface area contributed by atoms with Crippen LogP contribution in [0.4, 0.5) is 0 Å². The lowest BCUT2D eigenvalue weighted by Crippen LogP contribution is -2.24. The number of hydrogen-bond donors (Lipinski definition) is 2. The van der Waals surface area contributed by atoms with Gasteiger partial charge in [-0.1, -0.05) is 5.16 Å². The van der Waals surface area contributed by atoms with E-state index in [1.807, 2.05) is 0 Å². The number of hydrogen-bond acceptors (Lipinski definition) is 6. The molecule has 21 heavy (non-hydrogen) atoms. The number of aromatic nitrogens is 3. The second-order valence-corrected chi connectivity index (χ2v) is 6.37. The first-order chi connectivity index (χ1) is 9.95. The highest BCUT2D eigenvalue weighted by molar-refractivity contribution is 7.89. The standard InChI is InChI=1S/C12H19N5O3S/c1-9-12(10(2)17(16-9)7-3-5-13)21(18,19)15-8-11-4-6-14-20-11/h4,6,15H,3,5,7-8,13H2,1-2H3. The van der Waals surface area contributed by atoms with Crippen molar-refractivity contribution in [2.75, 3.05) is 6.54 Å². The third-order valence-corrected chi connectivity index (χ3v) is 4.74. The Kier molecular flexibility index (Phi) is 4.76. The van der Waals surface area contributed by atoms with Crippen molar-refractivity contribution in [3.8, 4) is 0 Å². The summed E-state index contributed by atoms with van der Waals surface area (Å²) in [5.41, 5.74) is 6.54. The zero-order valence-electron chi connectivity index (χ0n) is 12.0. The van der Waals surface area contributed by atoms with E-state index in [-0.39, 0.29) is 11.4 Å². The lowest BCUT2D eigenvalue weighted by Gasteiger charge is -2.06. The van der Waals surface area contributed by atoms with Crippen LogP contribution in [0.1, 0.15) is 23.6 Å². The molecule has 116 valence electrons. The molecule has 2 heterocycles. The van der Waals surface area contributed by atoms with Crippen LogP contribution in [-0.2, 0) is 23.1 Å². The minimum atomic E-state index is -3.65. The fourth-order valence-electron chi connectivity index (χ4n) is 2.10. The summed E-state index contributed by atoms with van der Waals surface area (Å²) < 4.78 is 33.8. The topological polar surface area (TPSA) is 116 Å². The van der Waals surface area contributed by atoms with Gasteiger partial charge in [0.1, 0.15) is 4.90 Å². The Morgan fingerprint density at radius 2 is 2.19 bits per heavy atom. The fourth-order valence-corrected chi connectivity index (χ4v) is 3.50. The molecule has 0 unspecified atom stereocenters. The lowest BCUT2D eigenvalue weighted by atomic mass is 10.4. The van der Waals surface area contributed by atoms with Crippen molar-refractivity contribution in [1.82, 2.24) is 19.7 Å². The SMILES string of the molecule is Cc1nn(CCCN)c(C)c1S(=O)(=O)NCc1ccno1. The molecule has 2 rings (SSSR count). The van der Waals surface area contributed by atoms with Gasteiger partial charge >= 0.3 is 0 Å². The molecule has 0 aromatic carbocycles. The quantitative estimate of drug-likeness (QED) is 0.760. The highest BCUT2D eigenvalue weighted by Crippen LogP contribution is 2.19. The summed E-state index contributed by atoms with van der Waals surface area (Å²) in [7, 11) is -3.65. The average molecular weight is 313 g/mol. The highest BCUT2D eigenvalue weighted by Gasteiger charge is 2.24. The maximum Gasteiger partial charge on any atom is 0.244 e. The molecule has 3 N–H and O–H groups in total. The molecule has 0 aliphatic rings. The predicted octanol–water partition coefficient (Wildman–Crippen LogP) is 0.315.